The highest BCUT2D eigenvalue weighted by Crippen LogP contribution is 2.45. The first-order valence-electron chi connectivity index (χ1n) is 8.88. The van der Waals surface area contributed by atoms with Gasteiger partial charge in [-0.15, -0.1) is 0 Å². The van der Waals surface area contributed by atoms with Crippen molar-refractivity contribution in [2.24, 2.45) is 5.92 Å². The maximum absolute atomic E-state index is 12.8. The topological polar surface area (TPSA) is 76.1 Å². The second-order valence-corrected chi connectivity index (χ2v) is 6.62. The Labute approximate surface area is 154 Å². The van der Waals surface area contributed by atoms with Crippen molar-refractivity contribution in [3.8, 4) is 11.5 Å². The van der Waals surface area contributed by atoms with Crippen molar-refractivity contribution >= 4 is 11.7 Å². The Kier molecular flexibility index (Phi) is 6.29. The summed E-state index contributed by atoms with van der Waals surface area (Å²) in [5, 5.41) is 10.5. The lowest BCUT2D eigenvalue weighted by atomic mass is 9.90. The van der Waals surface area contributed by atoms with E-state index in [1.54, 1.807) is 36.9 Å². The summed E-state index contributed by atoms with van der Waals surface area (Å²) in [6, 6.07) is 4.65. The van der Waals surface area contributed by atoms with Gasteiger partial charge in [-0.2, -0.15) is 0 Å². The predicted molar refractivity (Wildman–Crippen MR) is 98.4 cm³/mol. The number of amides is 1. The van der Waals surface area contributed by atoms with Gasteiger partial charge in [-0.05, 0) is 12.5 Å². The van der Waals surface area contributed by atoms with E-state index in [1.807, 2.05) is 6.92 Å². The van der Waals surface area contributed by atoms with E-state index in [0.717, 1.165) is 12.8 Å². The minimum absolute atomic E-state index is 0.132. The predicted octanol–water partition coefficient (Wildman–Crippen LogP) is 3.42. The fraction of sp³-hybridized carbons (Fsp3) is 0.500. The van der Waals surface area contributed by atoms with Crippen molar-refractivity contribution in [1.82, 2.24) is 4.90 Å². The van der Waals surface area contributed by atoms with E-state index in [1.165, 1.54) is 14.2 Å². The zero-order valence-corrected chi connectivity index (χ0v) is 16.0. The molecule has 6 heteroatoms. The van der Waals surface area contributed by atoms with Crippen LogP contribution in [0.2, 0.25) is 0 Å². The minimum Gasteiger partial charge on any atom is -0.503 e. The van der Waals surface area contributed by atoms with Gasteiger partial charge in [0, 0.05) is 18.0 Å². The van der Waals surface area contributed by atoms with Gasteiger partial charge in [0.1, 0.15) is 0 Å². The van der Waals surface area contributed by atoms with Crippen LogP contribution in [-0.4, -0.2) is 42.5 Å². The number of methoxy groups -OCH3 is 2. The molecule has 0 radical (unpaired) electrons. The summed E-state index contributed by atoms with van der Waals surface area (Å²) in [5.74, 6) is -0.601. The minimum atomic E-state index is -0.686. The van der Waals surface area contributed by atoms with Crippen LogP contribution in [0.1, 0.15) is 45.2 Å². The highest BCUT2D eigenvalue weighted by atomic mass is 16.5. The normalized spacial score (nSPS) is 17.2. The Hall–Kier alpha value is -2.50. The average molecular weight is 361 g/mol. The third-order valence-electron chi connectivity index (χ3n) is 4.57. The number of nitrogens with zero attached hydrogens (tertiary/aromatic N) is 1. The summed E-state index contributed by atoms with van der Waals surface area (Å²) >= 11 is 0. The molecule has 1 aromatic carbocycles. The van der Waals surface area contributed by atoms with Crippen molar-refractivity contribution in [2.45, 2.75) is 39.7 Å². The van der Waals surface area contributed by atoms with Crippen LogP contribution in [0.15, 0.2) is 29.5 Å². The second kappa shape index (κ2) is 8.25. The van der Waals surface area contributed by atoms with Crippen LogP contribution in [0.3, 0.4) is 0 Å². The van der Waals surface area contributed by atoms with Crippen molar-refractivity contribution in [1.29, 1.82) is 0 Å². The molecule has 0 saturated heterocycles. The first-order chi connectivity index (χ1) is 12.4. The molecule has 1 amide bonds. The number of Topliss-reactive ketones (excluding diaryl/α,β-unsaturated/α-hetero) is 1. The number of benzene rings is 1. The van der Waals surface area contributed by atoms with Crippen molar-refractivity contribution in [3.63, 3.8) is 0 Å². The number of unbranched alkanes of at least 4 members (excludes halogenated alkanes) is 1. The molecule has 0 aromatic heterocycles. The zero-order valence-electron chi connectivity index (χ0n) is 16.0. The van der Waals surface area contributed by atoms with Gasteiger partial charge >= 0.3 is 0 Å². The maximum atomic E-state index is 12.8. The first-order valence-corrected chi connectivity index (χ1v) is 8.88. The lowest BCUT2D eigenvalue weighted by Gasteiger charge is -2.28. The maximum Gasteiger partial charge on any atom is 0.290 e. The highest BCUT2D eigenvalue weighted by molar-refractivity contribution is 6.09. The molecule has 0 fully saturated rings. The number of ketones is 1. The molecular formula is C20H27NO5. The summed E-state index contributed by atoms with van der Waals surface area (Å²) in [4.78, 5) is 27.0. The number of hydrogen-bond donors (Lipinski definition) is 1. The summed E-state index contributed by atoms with van der Waals surface area (Å²) in [7, 11) is 3.05. The number of hydrogen-bond acceptors (Lipinski definition) is 5. The molecule has 1 unspecified atom stereocenters. The fourth-order valence-corrected chi connectivity index (χ4v) is 3.23. The van der Waals surface area contributed by atoms with E-state index in [9.17, 15) is 14.7 Å². The van der Waals surface area contributed by atoms with Crippen LogP contribution in [0.25, 0.3) is 0 Å². The summed E-state index contributed by atoms with van der Waals surface area (Å²) in [5.41, 5.74) is 0.761. The Morgan fingerprint density at radius 1 is 1.27 bits per heavy atom. The molecule has 1 heterocycles. The molecule has 6 nitrogen and oxygen atoms in total. The van der Waals surface area contributed by atoms with Crippen LogP contribution in [-0.2, 0) is 9.59 Å². The lowest BCUT2D eigenvalue weighted by Crippen LogP contribution is -2.32. The number of ether oxygens (including phenoxy) is 2. The van der Waals surface area contributed by atoms with Gasteiger partial charge in [-0.3, -0.25) is 9.59 Å². The van der Waals surface area contributed by atoms with E-state index in [2.05, 4.69) is 0 Å². The molecule has 1 aliphatic rings. The van der Waals surface area contributed by atoms with Crippen molar-refractivity contribution in [2.75, 3.05) is 20.8 Å². The van der Waals surface area contributed by atoms with E-state index in [4.69, 9.17) is 9.47 Å². The Morgan fingerprint density at radius 3 is 2.50 bits per heavy atom. The van der Waals surface area contributed by atoms with Gasteiger partial charge in [0.05, 0.1) is 25.8 Å². The summed E-state index contributed by atoms with van der Waals surface area (Å²) in [6.07, 6.45) is 1.66. The molecule has 0 saturated carbocycles. The molecule has 0 spiro atoms. The third-order valence-corrected chi connectivity index (χ3v) is 4.57. The van der Waals surface area contributed by atoms with Crippen LogP contribution in [0.4, 0.5) is 0 Å². The van der Waals surface area contributed by atoms with E-state index in [0.29, 0.717) is 23.6 Å². The largest absolute Gasteiger partial charge is 0.503 e. The molecule has 26 heavy (non-hydrogen) atoms. The van der Waals surface area contributed by atoms with Gasteiger partial charge in [-0.1, -0.05) is 39.3 Å². The second-order valence-electron chi connectivity index (χ2n) is 6.62. The van der Waals surface area contributed by atoms with Gasteiger partial charge in [0.15, 0.2) is 23.0 Å². The van der Waals surface area contributed by atoms with E-state index >= 15 is 0 Å². The molecule has 1 aliphatic heterocycles. The molecule has 1 aromatic rings. The molecule has 0 aliphatic carbocycles. The first kappa shape index (κ1) is 19.8. The van der Waals surface area contributed by atoms with Crippen molar-refractivity contribution in [3.05, 3.63) is 35.1 Å². The van der Waals surface area contributed by atoms with Gasteiger partial charge in [0.2, 0.25) is 0 Å². The standard InChI is InChI=1S/C20H27NO5/c1-6-7-11-21-16(13-9-8-10-14(25-4)19(13)26-5)15(17(22)12(2)3)18(23)20(21)24/h8-10,12,16,23H,6-7,11H2,1-5H3. The molecule has 1 N–H and O–H groups in total. The Bertz CT molecular complexity index is 723. The number of aliphatic hydroxyl groups is 1. The Morgan fingerprint density at radius 2 is 1.96 bits per heavy atom. The number of carbonyl (C=O) groups is 2. The molecule has 0 bridgehead atoms. The fourth-order valence-electron chi connectivity index (χ4n) is 3.23. The van der Waals surface area contributed by atoms with Gasteiger partial charge < -0.3 is 19.5 Å². The monoisotopic (exact) mass is 361 g/mol. The van der Waals surface area contributed by atoms with Gasteiger partial charge in [0.25, 0.3) is 5.91 Å². The number of carbonyl (C=O) groups excluding carboxylic acids is 2. The Balaban J connectivity index is 2.65. The molecule has 142 valence electrons. The van der Waals surface area contributed by atoms with E-state index < -0.39 is 17.7 Å². The summed E-state index contributed by atoms with van der Waals surface area (Å²) < 4.78 is 10.9. The quantitative estimate of drug-likeness (QED) is 0.768. The van der Waals surface area contributed by atoms with Gasteiger partial charge in [-0.25, -0.2) is 0 Å². The van der Waals surface area contributed by atoms with Crippen LogP contribution in [0, 0.1) is 5.92 Å². The number of para-hydroxylation sites is 1. The molecular weight excluding hydrogens is 334 g/mol. The van der Waals surface area contributed by atoms with Crippen molar-refractivity contribution < 1.29 is 24.2 Å². The SMILES string of the molecule is CCCCN1C(=O)C(O)=C(C(=O)C(C)C)C1c1cccc(OC)c1OC. The lowest BCUT2D eigenvalue weighted by molar-refractivity contribution is -0.129. The average Bonchev–Trinajstić information content (AvgIpc) is 2.89. The highest BCUT2D eigenvalue weighted by Gasteiger charge is 2.45. The van der Waals surface area contributed by atoms with Crippen LogP contribution in [0.5, 0.6) is 11.5 Å². The molecule has 2 rings (SSSR count). The number of rotatable bonds is 8. The third kappa shape index (κ3) is 3.41. The molecule has 1 atom stereocenters. The zero-order chi connectivity index (χ0) is 19.4. The van der Waals surface area contributed by atoms with Crippen LogP contribution >= 0.6 is 0 Å². The number of aliphatic hydroxyl groups excluding tert-OH is 1. The summed E-state index contributed by atoms with van der Waals surface area (Å²) in [6.45, 7) is 5.97. The smallest absolute Gasteiger partial charge is 0.290 e. The van der Waals surface area contributed by atoms with Crippen LogP contribution < -0.4 is 9.47 Å². The van der Waals surface area contributed by atoms with E-state index in [-0.39, 0.29) is 17.3 Å².